The first kappa shape index (κ1) is 9.68. The molecule has 6 nitrogen and oxygen atoms in total. The van der Waals surface area contributed by atoms with E-state index in [0.29, 0.717) is 30.0 Å². The van der Waals surface area contributed by atoms with Gasteiger partial charge < -0.3 is 4.74 Å². The van der Waals surface area contributed by atoms with Crippen LogP contribution in [-0.2, 0) is 17.8 Å². The van der Waals surface area contributed by atoms with Crippen LogP contribution in [0.25, 0.3) is 11.6 Å². The van der Waals surface area contributed by atoms with E-state index in [2.05, 4.69) is 25.1 Å². The summed E-state index contributed by atoms with van der Waals surface area (Å²) in [5, 5.41) is 6.89. The molecule has 82 valence electrons. The summed E-state index contributed by atoms with van der Waals surface area (Å²) >= 11 is 6.07. The van der Waals surface area contributed by atoms with Gasteiger partial charge in [0.2, 0.25) is 0 Å². The van der Waals surface area contributed by atoms with Gasteiger partial charge in [-0.1, -0.05) is 11.6 Å². The average molecular weight is 238 g/mol. The highest BCUT2D eigenvalue weighted by Gasteiger charge is 2.18. The number of hydrogen-bond donors (Lipinski definition) is 1. The predicted molar refractivity (Wildman–Crippen MR) is 55.8 cm³/mol. The number of rotatable bonds is 1. The highest BCUT2D eigenvalue weighted by molar-refractivity contribution is 6.30. The first-order valence-electron chi connectivity index (χ1n) is 4.83. The molecule has 2 aromatic heterocycles. The molecule has 16 heavy (non-hydrogen) atoms. The number of nitrogens with zero attached hydrogens (tertiary/aromatic N) is 4. The second kappa shape index (κ2) is 3.80. The van der Waals surface area contributed by atoms with Gasteiger partial charge in [0.1, 0.15) is 11.5 Å². The zero-order valence-electron chi connectivity index (χ0n) is 8.27. The van der Waals surface area contributed by atoms with Crippen molar-refractivity contribution < 1.29 is 4.74 Å². The molecule has 0 aromatic carbocycles. The lowest BCUT2D eigenvalue weighted by Gasteiger charge is -2.16. The summed E-state index contributed by atoms with van der Waals surface area (Å²) in [5.74, 6) is 0.999. The fourth-order valence-corrected chi connectivity index (χ4v) is 1.86. The number of H-pyrrole nitrogens is 1. The van der Waals surface area contributed by atoms with Crippen LogP contribution >= 0.6 is 11.6 Å². The predicted octanol–water partition coefficient (Wildman–Crippen LogP) is 0.988. The van der Waals surface area contributed by atoms with E-state index in [9.17, 15) is 0 Å². The molecule has 0 fully saturated rings. The molecule has 0 unspecified atom stereocenters. The van der Waals surface area contributed by atoms with Gasteiger partial charge in [-0.15, -0.1) is 0 Å². The van der Waals surface area contributed by atoms with Crippen molar-refractivity contribution >= 4 is 11.6 Å². The van der Waals surface area contributed by atoms with Crippen LogP contribution in [0.2, 0.25) is 5.15 Å². The van der Waals surface area contributed by atoms with Gasteiger partial charge in [-0.3, -0.25) is 5.10 Å². The zero-order valence-corrected chi connectivity index (χ0v) is 9.03. The maximum atomic E-state index is 6.07. The standard InChI is InChI=1S/C9H8ClN5O/c10-7-5-3-16-2-1-6(5)13-9(14-7)8-11-4-12-15-8/h4H,1-3H2,(H,11,12,15). The smallest absolute Gasteiger partial charge is 0.198 e. The van der Waals surface area contributed by atoms with Crippen LogP contribution in [-0.4, -0.2) is 31.8 Å². The number of halogens is 1. The van der Waals surface area contributed by atoms with Crippen LogP contribution in [0.4, 0.5) is 0 Å². The van der Waals surface area contributed by atoms with Crippen molar-refractivity contribution in [1.29, 1.82) is 0 Å². The third-order valence-electron chi connectivity index (χ3n) is 2.40. The Hall–Kier alpha value is -1.53. The molecule has 1 N–H and O–H groups in total. The largest absolute Gasteiger partial charge is 0.376 e. The fourth-order valence-electron chi connectivity index (χ4n) is 1.61. The highest BCUT2D eigenvalue weighted by atomic mass is 35.5. The lowest BCUT2D eigenvalue weighted by atomic mass is 10.1. The normalized spacial score (nSPS) is 14.8. The summed E-state index contributed by atoms with van der Waals surface area (Å²) in [7, 11) is 0. The van der Waals surface area contributed by atoms with Crippen LogP contribution in [0.3, 0.4) is 0 Å². The van der Waals surface area contributed by atoms with Gasteiger partial charge in [0.15, 0.2) is 11.6 Å². The van der Waals surface area contributed by atoms with Crippen molar-refractivity contribution in [3.63, 3.8) is 0 Å². The summed E-state index contributed by atoms with van der Waals surface area (Å²) < 4.78 is 5.31. The lowest BCUT2D eigenvalue weighted by molar-refractivity contribution is 0.109. The van der Waals surface area contributed by atoms with Gasteiger partial charge in [0, 0.05) is 12.0 Å². The van der Waals surface area contributed by atoms with Gasteiger partial charge in [0.25, 0.3) is 0 Å². The minimum absolute atomic E-state index is 0.427. The van der Waals surface area contributed by atoms with E-state index in [1.54, 1.807) is 0 Å². The van der Waals surface area contributed by atoms with E-state index >= 15 is 0 Å². The topological polar surface area (TPSA) is 76.6 Å². The van der Waals surface area contributed by atoms with Gasteiger partial charge in [-0.05, 0) is 0 Å². The molecule has 0 radical (unpaired) electrons. The maximum Gasteiger partial charge on any atom is 0.198 e. The SMILES string of the molecule is Clc1nc(-c2ncn[nH]2)nc2c1COCC2. The molecular weight excluding hydrogens is 230 g/mol. The summed E-state index contributed by atoms with van der Waals surface area (Å²) in [4.78, 5) is 12.6. The Balaban J connectivity index is 2.12. The van der Waals surface area contributed by atoms with E-state index in [4.69, 9.17) is 16.3 Å². The van der Waals surface area contributed by atoms with Crippen molar-refractivity contribution in [2.24, 2.45) is 0 Å². The second-order valence-corrected chi connectivity index (χ2v) is 3.76. The van der Waals surface area contributed by atoms with Crippen molar-refractivity contribution in [3.8, 4) is 11.6 Å². The van der Waals surface area contributed by atoms with Gasteiger partial charge >= 0.3 is 0 Å². The molecule has 1 aliphatic heterocycles. The third kappa shape index (κ3) is 1.56. The minimum Gasteiger partial charge on any atom is -0.376 e. The molecule has 2 aromatic rings. The molecule has 0 spiro atoms. The number of hydrogen-bond acceptors (Lipinski definition) is 5. The molecule has 0 amide bonds. The number of ether oxygens (including phenoxy) is 1. The zero-order chi connectivity index (χ0) is 11.0. The Morgan fingerprint density at radius 1 is 1.38 bits per heavy atom. The van der Waals surface area contributed by atoms with E-state index in [-0.39, 0.29) is 0 Å². The molecule has 0 bridgehead atoms. The monoisotopic (exact) mass is 237 g/mol. The molecule has 3 heterocycles. The lowest BCUT2D eigenvalue weighted by Crippen LogP contribution is -2.14. The summed E-state index contributed by atoms with van der Waals surface area (Å²) in [6.07, 6.45) is 2.16. The summed E-state index contributed by atoms with van der Waals surface area (Å²) in [6, 6.07) is 0. The molecule has 3 rings (SSSR count). The summed E-state index contributed by atoms with van der Waals surface area (Å²) in [6.45, 7) is 1.14. The van der Waals surface area contributed by atoms with Crippen molar-refractivity contribution in [3.05, 3.63) is 22.7 Å². The Morgan fingerprint density at radius 2 is 2.31 bits per heavy atom. The molecule has 0 aliphatic carbocycles. The molecule has 0 saturated carbocycles. The van der Waals surface area contributed by atoms with Gasteiger partial charge in [-0.25, -0.2) is 15.0 Å². The van der Waals surface area contributed by atoms with Gasteiger partial charge in [0.05, 0.1) is 18.9 Å². The Bertz CT molecular complexity index is 513. The molecule has 0 atom stereocenters. The highest BCUT2D eigenvalue weighted by Crippen LogP contribution is 2.24. The van der Waals surface area contributed by atoms with E-state index in [1.807, 2.05) is 0 Å². The Morgan fingerprint density at radius 3 is 3.12 bits per heavy atom. The molecule has 7 heteroatoms. The van der Waals surface area contributed by atoms with E-state index < -0.39 is 0 Å². The Labute approximate surface area is 96.1 Å². The number of fused-ring (bicyclic) bond motifs is 1. The van der Waals surface area contributed by atoms with Crippen LogP contribution in [0.5, 0.6) is 0 Å². The second-order valence-electron chi connectivity index (χ2n) is 3.40. The average Bonchev–Trinajstić information content (AvgIpc) is 2.82. The van der Waals surface area contributed by atoms with E-state index in [0.717, 1.165) is 17.7 Å². The minimum atomic E-state index is 0.427. The maximum absolute atomic E-state index is 6.07. The van der Waals surface area contributed by atoms with Crippen LogP contribution in [0, 0.1) is 0 Å². The molecule has 1 aliphatic rings. The number of aromatic amines is 1. The molecular formula is C9H8ClN5O. The number of nitrogens with one attached hydrogen (secondary N) is 1. The van der Waals surface area contributed by atoms with Crippen molar-refractivity contribution in [2.75, 3.05) is 6.61 Å². The summed E-state index contributed by atoms with van der Waals surface area (Å²) in [5.41, 5.74) is 1.80. The Kier molecular flexibility index (Phi) is 2.30. The van der Waals surface area contributed by atoms with E-state index in [1.165, 1.54) is 6.33 Å². The quantitative estimate of drug-likeness (QED) is 0.749. The fraction of sp³-hybridized carbons (Fsp3) is 0.333. The van der Waals surface area contributed by atoms with Crippen LogP contribution < -0.4 is 0 Å². The van der Waals surface area contributed by atoms with Crippen LogP contribution in [0.1, 0.15) is 11.3 Å². The molecule has 0 saturated heterocycles. The van der Waals surface area contributed by atoms with Crippen molar-refractivity contribution in [1.82, 2.24) is 25.1 Å². The number of aromatic nitrogens is 5. The van der Waals surface area contributed by atoms with Gasteiger partial charge in [-0.2, -0.15) is 5.10 Å². The first-order valence-corrected chi connectivity index (χ1v) is 5.21. The van der Waals surface area contributed by atoms with Crippen LogP contribution in [0.15, 0.2) is 6.33 Å². The third-order valence-corrected chi connectivity index (χ3v) is 2.71. The first-order chi connectivity index (χ1) is 7.84. The van der Waals surface area contributed by atoms with Crippen molar-refractivity contribution in [2.45, 2.75) is 13.0 Å².